The molecule has 1 N–H and O–H groups in total. The van der Waals surface area contributed by atoms with Gasteiger partial charge in [-0.1, -0.05) is 0 Å². The highest BCUT2D eigenvalue weighted by molar-refractivity contribution is 5.02. The first-order chi connectivity index (χ1) is 7.16. The Morgan fingerprint density at radius 2 is 1.81 bits per heavy atom. The van der Waals surface area contributed by atoms with Crippen LogP contribution in [0.5, 0.6) is 0 Å². The molecule has 0 aromatic heterocycles. The zero-order valence-corrected chi connectivity index (χ0v) is 11.1. The molecular weight excluding hydrogens is 206 g/mol. The summed E-state index contributed by atoms with van der Waals surface area (Å²) in [5.41, 5.74) is -1.38. The number of nitriles is 1. The van der Waals surface area contributed by atoms with E-state index in [9.17, 15) is 5.11 Å². The van der Waals surface area contributed by atoms with E-state index in [-0.39, 0.29) is 6.10 Å². The highest BCUT2D eigenvalue weighted by atomic mass is 16.5. The van der Waals surface area contributed by atoms with E-state index < -0.39 is 17.3 Å². The van der Waals surface area contributed by atoms with Crippen LogP contribution in [-0.4, -0.2) is 35.6 Å². The molecule has 4 nitrogen and oxygen atoms in total. The maximum Gasteiger partial charge on any atom is 0.154 e. The van der Waals surface area contributed by atoms with Gasteiger partial charge < -0.3 is 14.6 Å². The van der Waals surface area contributed by atoms with Gasteiger partial charge in [0.05, 0.1) is 23.9 Å². The summed E-state index contributed by atoms with van der Waals surface area (Å²) in [5.74, 6) is 0. The number of aliphatic hydroxyl groups is 1. The lowest BCUT2D eigenvalue weighted by atomic mass is 9.91. The van der Waals surface area contributed by atoms with Gasteiger partial charge in [0.25, 0.3) is 0 Å². The summed E-state index contributed by atoms with van der Waals surface area (Å²) in [4.78, 5) is 0. The molecule has 0 rings (SSSR count). The molecule has 0 aromatic carbocycles. The fourth-order valence-electron chi connectivity index (χ4n) is 1.50. The van der Waals surface area contributed by atoms with Crippen LogP contribution < -0.4 is 0 Å². The monoisotopic (exact) mass is 229 g/mol. The molecule has 94 valence electrons. The highest BCUT2D eigenvalue weighted by Crippen LogP contribution is 2.27. The number of hydrogen-bond acceptors (Lipinski definition) is 4. The highest BCUT2D eigenvalue weighted by Gasteiger charge is 2.35. The maximum atomic E-state index is 9.37. The molecule has 4 heteroatoms. The third-order valence-corrected chi connectivity index (χ3v) is 2.68. The van der Waals surface area contributed by atoms with Gasteiger partial charge in [0.1, 0.15) is 0 Å². The lowest BCUT2D eigenvalue weighted by molar-refractivity contribution is -0.120. The minimum Gasteiger partial charge on any atom is -0.391 e. The minimum absolute atomic E-state index is 0.377. The molecule has 0 aliphatic carbocycles. The summed E-state index contributed by atoms with van der Waals surface area (Å²) in [7, 11) is 1.61. The minimum atomic E-state index is -0.948. The predicted octanol–water partition coefficient (Wildman–Crippen LogP) is 1.87. The Kier molecular flexibility index (Phi) is 5.40. The van der Waals surface area contributed by atoms with Gasteiger partial charge in [0, 0.05) is 13.5 Å². The average Bonchev–Trinajstić information content (AvgIpc) is 2.16. The Morgan fingerprint density at radius 3 is 2.12 bits per heavy atom. The normalized spacial score (nSPS) is 19.6. The standard InChI is InChI=1S/C12H23NO3/c1-9(14)10(2)16-12(5,8-13)7-11(3,4)15-6/h9-10,14H,7H2,1-6H3. The van der Waals surface area contributed by atoms with Gasteiger partial charge in [0.15, 0.2) is 5.60 Å². The molecule has 0 aliphatic rings. The number of aliphatic hydroxyl groups excluding tert-OH is 1. The molecule has 0 saturated heterocycles. The lowest BCUT2D eigenvalue weighted by Crippen LogP contribution is -2.42. The molecule has 3 atom stereocenters. The van der Waals surface area contributed by atoms with Crippen LogP contribution in [0.4, 0.5) is 0 Å². The van der Waals surface area contributed by atoms with Gasteiger partial charge >= 0.3 is 0 Å². The van der Waals surface area contributed by atoms with E-state index in [1.54, 1.807) is 27.9 Å². The Labute approximate surface area is 98.2 Å². The Morgan fingerprint density at radius 1 is 1.31 bits per heavy atom. The molecule has 0 bridgehead atoms. The average molecular weight is 229 g/mol. The molecule has 0 saturated carbocycles. The van der Waals surface area contributed by atoms with Crippen LogP contribution >= 0.6 is 0 Å². The van der Waals surface area contributed by atoms with Crippen molar-refractivity contribution in [3.63, 3.8) is 0 Å². The predicted molar refractivity (Wildman–Crippen MR) is 62.0 cm³/mol. The topological polar surface area (TPSA) is 62.5 Å². The molecule has 0 spiro atoms. The largest absolute Gasteiger partial charge is 0.391 e. The van der Waals surface area contributed by atoms with Gasteiger partial charge in [-0.2, -0.15) is 5.26 Å². The van der Waals surface area contributed by atoms with Gasteiger partial charge in [-0.25, -0.2) is 0 Å². The second kappa shape index (κ2) is 5.62. The number of methoxy groups -OCH3 is 1. The summed E-state index contributed by atoms with van der Waals surface area (Å²) < 4.78 is 10.9. The smallest absolute Gasteiger partial charge is 0.154 e. The number of rotatable bonds is 6. The van der Waals surface area contributed by atoms with Crippen molar-refractivity contribution in [2.75, 3.05) is 7.11 Å². The fourth-order valence-corrected chi connectivity index (χ4v) is 1.50. The van der Waals surface area contributed by atoms with Crippen LogP contribution in [0.3, 0.4) is 0 Å². The van der Waals surface area contributed by atoms with Gasteiger partial charge in [-0.05, 0) is 34.6 Å². The Hall–Kier alpha value is -0.630. The zero-order valence-electron chi connectivity index (χ0n) is 11.1. The van der Waals surface area contributed by atoms with Crippen molar-refractivity contribution in [2.24, 2.45) is 0 Å². The second-order valence-electron chi connectivity index (χ2n) is 5.05. The third kappa shape index (κ3) is 4.93. The van der Waals surface area contributed by atoms with Crippen LogP contribution in [0, 0.1) is 11.3 Å². The molecule has 3 unspecified atom stereocenters. The van der Waals surface area contributed by atoms with Crippen molar-refractivity contribution in [3.05, 3.63) is 0 Å². The molecular formula is C12H23NO3. The molecule has 0 fully saturated rings. The van der Waals surface area contributed by atoms with Crippen molar-refractivity contribution >= 4 is 0 Å². The Bertz CT molecular complexity index is 257. The van der Waals surface area contributed by atoms with E-state index in [1.807, 2.05) is 13.8 Å². The van der Waals surface area contributed by atoms with E-state index in [0.29, 0.717) is 6.42 Å². The first-order valence-electron chi connectivity index (χ1n) is 5.48. The third-order valence-electron chi connectivity index (χ3n) is 2.68. The van der Waals surface area contributed by atoms with E-state index in [4.69, 9.17) is 14.7 Å². The lowest BCUT2D eigenvalue weighted by Gasteiger charge is -2.34. The van der Waals surface area contributed by atoms with Crippen molar-refractivity contribution in [2.45, 2.75) is 64.4 Å². The first-order valence-corrected chi connectivity index (χ1v) is 5.48. The van der Waals surface area contributed by atoms with Crippen LogP contribution in [0.1, 0.15) is 41.0 Å². The van der Waals surface area contributed by atoms with Crippen molar-refractivity contribution in [1.29, 1.82) is 5.26 Å². The van der Waals surface area contributed by atoms with Gasteiger partial charge in [-0.3, -0.25) is 0 Å². The van der Waals surface area contributed by atoms with E-state index in [0.717, 1.165) is 0 Å². The van der Waals surface area contributed by atoms with Gasteiger partial charge in [-0.15, -0.1) is 0 Å². The van der Waals surface area contributed by atoms with Crippen LogP contribution in [0.25, 0.3) is 0 Å². The van der Waals surface area contributed by atoms with Crippen molar-refractivity contribution in [1.82, 2.24) is 0 Å². The van der Waals surface area contributed by atoms with Crippen molar-refractivity contribution in [3.8, 4) is 6.07 Å². The van der Waals surface area contributed by atoms with Crippen LogP contribution in [0.2, 0.25) is 0 Å². The summed E-state index contributed by atoms with van der Waals surface area (Å²) in [5, 5.41) is 18.5. The summed E-state index contributed by atoms with van der Waals surface area (Å²) >= 11 is 0. The summed E-state index contributed by atoms with van der Waals surface area (Å²) in [6.07, 6.45) is -0.528. The first kappa shape index (κ1) is 15.4. The number of nitrogens with zero attached hydrogens (tertiary/aromatic N) is 1. The summed E-state index contributed by atoms with van der Waals surface area (Å²) in [6.45, 7) is 8.91. The van der Waals surface area contributed by atoms with E-state index in [2.05, 4.69) is 6.07 Å². The molecule has 0 radical (unpaired) electrons. The SMILES string of the molecule is COC(C)(C)CC(C)(C#N)OC(C)C(C)O. The van der Waals surface area contributed by atoms with Crippen LogP contribution in [0.15, 0.2) is 0 Å². The molecule has 16 heavy (non-hydrogen) atoms. The van der Waals surface area contributed by atoms with Crippen LogP contribution in [-0.2, 0) is 9.47 Å². The maximum absolute atomic E-state index is 9.37. The second-order valence-corrected chi connectivity index (χ2v) is 5.05. The Balaban J connectivity index is 4.62. The van der Waals surface area contributed by atoms with Gasteiger partial charge in [0.2, 0.25) is 0 Å². The zero-order chi connectivity index (χ0) is 13.0. The molecule has 0 aliphatic heterocycles. The molecule has 0 amide bonds. The quantitative estimate of drug-likeness (QED) is 0.755. The molecule has 0 aromatic rings. The van der Waals surface area contributed by atoms with Crippen molar-refractivity contribution < 1.29 is 14.6 Å². The summed E-state index contributed by atoms with van der Waals surface area (Å²) in [6, 6.07) is 2.14. The number of hydrogen-bond donors (Lipinski definition) is 1. The van der Waals surface area contributed by atoms with E-state index in [1.165, 1.54) is 0 Å². The fraction of sp³-hybridized carbons (Fsp3) is 0.917. The number of ether oxygens (including phenoxy) is 2. The molecule has 0 heterocycles. The van der Waals surface area contributed by atoms with E-state index >= 15 is 0 Å².